The van der Waals surface area contributed by atoms with Crippen LogP contribution in [0.25, 0.3) is 16.7 Å². The van der Waals surface area contributed by atoms with Crippen LogP contribution in [-0.4, -0.2) is 40.0 Å². The van der Waals surface area contributed by atoms with Crippen molar-refractivity contribution in [2.45, 2.75) is 13.5 Å². The van der Waals surface area contributed by atoms with Crippen molar-refractivity contribution in [2.24, 2.45) is 0 Å². The molecular formula is C23H21N3O4. The van der Waals surface area contributed by atoms with Gasteiger partial charge in [-0.05, 0) is 49.4 Å². The monoisotopic (exact) mass is 403 g/mol. The first-order valence-electron chi connectivity index (χ1n) is 9.51. The summed E-state index contributed by atoms with van der Waals surface area (Å²) >= 11 is 0. The third-order valence-electron chi connectivity index (χ3n) is 4.80. The van der Waals surface area contributed by atoms with Crippen LogP contribution in [0.15, 0.2) is 71.3 Å². The van der Waals surface area contributed by atoms with Crippen LogP contribution in [0, 0.1) is 6.92 Å². The number of likely N-dealkylation sites (N-methyl/N-ethyl adjacent to an activating group) is 1. The summed E-state index contributed by atoms with van der Waals surface area (Å²) in [5.41, 5.74) is 2.93. The van der Waals surface area contributed by atoms with Crippen molar-refractivity contribution < 1.29 is 18.7 Å². The van der Waals surface area contributed by atoms with Crippen LogP contribution in [0.4, 0.5) is 0 Å². The molecule has 4 aromatic rings. The van der Waals surface area contributed by atoms with Crippen molar-refractivity contribution in [1.82, 2.24) is 14.5 Å². The molecule has 0 spiro atoms. The fourth-order valence-corrected chi connectivity index (χ4v) is 3.28. The molecule has 30 heavy (non-hydrogen) atoms. The maximum Gasteiger partial charge on any atom is 0.338 e. The van der Waals surface area contributed by atoms with E-state index in [9.17, 15) is 9.59 Å². The van der Waals surface area contributed by atoms with Crippen molar-refractivity contribution in [3.8, 4) is 5.69 Å². The van der Waals surface area contributed by atoms with Crippen LogP contribution in [0.1, 0.15) is 21.9 Å². The Labute approximate surface area is 173 Å². The topological polar surface area (TPSA) is 77.6 Å². The number of benzene rings is 2. The number of carbonyl (C=O) groups is 2. The molecule has 0 aliphatic rings. The Hall–Kier alpha value is -3.87. The van der Waals surface area contributed by atoms with Gasteiger partial charge in [0, 0.05) is 12.7 Å². The molecule has 0 saturated carbocycles. The van der Waals surface area contributed by atoms with E-state index in [4.69, 9.17) is 9.15 Å². The summed E-state index contributed by atoms with van der Waals surface area (Å²) in [5, 5.41) is 0. The number of fused-ring (bicyclic) bond motifs is 1. The molecular weight excluding hydrogens is 382 g/mol. The number of amides is 1. The van der Waals surface area contributed by atoms with E-state index in [0.717, 1.165) is 17.0 Å². The molecule has 0 unspecified atom stereocenters. The molecule has 4 rings (SSSR count). The first kappa shape index (κ1) is 19.4. The van der Waals surface area contributed by atoms with Gasteiger partial charge in [0.2, 0.25) is 0 Å². The Morgan fingerprint density at radius 3 is 2.63 bits per heavy atom. The number of hydrogen-bond donors (Lipinski definition) is 0. The van der Waals surface area contributed by atoms with E-state index >= 15 is 0 Å². The molecule has 0 atom stereocenters. The van der Waals surface area contributed by atoms with Gasteiger partial charge in [0.1, 0.15) is 11.6 Å². The first-order chi connectivity index (χ1) is 14.5. The van der Waals surface area contributed by atoms with Gasteiger partial charge in [0.25, 0.3) is 5.91 Å². The molecule has 0 radical (unpaired) electrons. The van der Waals surface area contributed by atoms with Gasteiger partial charge in [0.05, 0.1) is 29.4 Å². The highest BCUT2D eigenvalue weighted by molar-refractivity contribution is 5.95. The Morgan fingerprint density at radius 2 is 1.90 bits per heavy atom. The lowest BCUT2D eigenvalue weighted by Gasteiger charge is -2.15. The molecule has 0 saturated heterocycles. The van der Waals surface area contributed by atoms with E-state index in [0.29, 0.717) is 23.4 Å². The number of carbonyl (C=O) groups excluding carboxylic acids is 2. The number of aryl methyl sites for hydroxylation is 1. The molecule has 0 bridgehead atoms. The Balaban J connectivity index is 1.45. The van der Waals surface area contributed by atoms with E-state index in [2.05, 4.69) is 4.98 Å². The molecule has 7 heteroatoms. The zero-order valence-corrected chi connectivity index (χ0v) is 16.7. The number of rotatable bonds is 6. The van der Waals surface area contributed by atoms with Crippen LogP contribution in [0.3, 0.4) is 0 Å². The summed E-state index contributed by atoms with van der Waals surface area (Å²) in [5.74, 6) is 0.594. The van der Waals surface area contributed by atoms with Crippen LogP contribution < -0.4 is 0 Å². The molecule has 0 N–H and O–H groups in total. The molecule has 152 valence electrons. The minimum atomic E-state index is -0.566. The minimum absolute atomic E-state index is 0.311. The van der Waals surface area contributed by atoms with Crippen molar-refractivity contribution in [3.63, 3.8) is 0 Å². The zero-order valence-electron chi connectivity index (χ0n) is 16.7. The summed E-state index contributed by atoms with van der Waals surface area (Å²) in [6, 6.07) is 18.6. The number of hydrogen-bond acceptors (Lipinski definition) is 5. The third kappa shape index (κ3) is 3.96. The van der Waals surface area contributed by atoms with Crippen LogP contribution >= 0.6 is 0 Å². The van der Waals surface area contributed by atoms with Crippen molar-refractivity contribution in [1.29, 1.82) is 0 Å². The normalized spacial score (nSPS) is 10.9. The Bertz CT molecular complexity index is 1180. The average molecular weight is 403 g/mol. The highest BCUT2D eigenvalue weighted by atomic mass is 16.5. The zero-order chi connectivity index (χ0) is 21.1. The molecule has 0 fully saturated rings. The summed E-state index contributed by atoms with van der Waals surface area (Å²) in [7, 11) is 1.63. The summed E-state index contributed by atoms with van der Waals surface area (Å²) < 4.78 is 12.5. The lowest BCUT2D eigenvalue weighted by Crippen LogP contribution is -2.30. The van der Waals surface area contributed by atoms with Gasteiger partial charge in [-0.25, -0.2) is 9.78 Å². The fraction of sp³-hybridized carbons (Fsp3) is 0.174. The lowest BCUT2D eigenvalue weighted by atomic mass is 10.2. The largest absolute Gasteiger partial charge is 0.467 e. The van der Waals surface area contributed by atoms with E-state index in [1.165, 1.54) is 4.90 Å². The lowest BCUT2D eigenvalue weighted by molar-refractivity contribution is -0.133. The number of para-hydroxylation sites is 1. The van der Waals surface area contributed by atoms with Gasteiger partial charge in [0.15, 0.2) is 6.61 Å². The van der Waals surface area contributed by atoms with Crippen molar-refractivity contribution in [3.05, 3.63) is 84.1 Å². The summed E-state index contributed by atoms with van der Waals surface area (Å²) in [6.07, 6.45) is 1.55. The maximum atomic E-state index is 12.4. The highest BCUT2D eigenvalue weighted by Gasteiger charge is 2.17. The first-order valence-corrected chi connectivity index (χ1v) is 9.51. The molecule has 1 amide bonds. The van der Waals surface area contributed by atoms with E-state index in [-0.39, 0.29) is 12.5 Å². The number of ether oxygens (including phenoxy) is 1. The Morgan fingerprint density at radius 1 is 1.10 bits per heavy atom. The second kappa shape index (κ2) is 8.24. The van der Waals surface area contributed by atoms with Gasteiger partial charge < -0.3 is 14.1 Å². The quantitative estimate of drug-likeness (QED) is 0.458. The fourth-order valence-electron chi connectivity index (χ4n) is 3.28. The van der Waals surface area contributed by atoms with Gasteiger partial charge in [-0.3, -0.25) is 9.36 Å². The van der Waals surface area contributed by atoms with Crippen LogP contribution in [0.2, 0.25) is 0 Å². The molecule has 0 aliphatic heterocycles. The predicted molar refractivity (Wildman–Crippen MR) is 111 cm³/mol. The number of imidazole rings is 1. The smallest absolute Gasteiger partial charge is 0.338 e. The molecule has 0 aliphatic carbocycles. The highest BCUT2D eigenvalue weighted by Crippen LogP contribution is 2.22. The number of furan rings is 1. The summed E-state index contributed by atoms with van der Waals surface area (Å²) in [4.78, 5) is 30.7. The standard InChI is InChI=1S/C23H21N3O4/c1-16-24-20-13-17(10-11-21(20)26(16)18-7-4-3-5-8-18)23(28)30-15-22(27)25(2)14-19-9-6-12-29-19/h3-13H,14-15H2,1-2H3. The third-order valence-corrected chi connectivity index (χ3v) is 4.80. The van der Waals surface area contributed by atoms with Crippen LogP contribution in [0.5, 0.6) is 0 Å². The Kier molecular flexibility index (Phi) is 5.34. The van der Waals surface area contributed by atoms with E-state index in [1.54, 1.807) is 37.6 Å². The van der Waals surface area contributed by atoms with Gasteiger partial charge in [-0.2, -0.15) is 0 Å². The number of nitrogens with zero attached hydrogens (tertiary/aromatic N) is 3. The predicted octanol–water partition coefficient (Wildman–Crippen LogP) is 3.74. The van der Waals surface area contributed by atoms with Crippen molar-refractivity contribution >= 4 is 22.9 Å². The minimum Gasteiger partial charge on any atom is -0.467 e. The second-order valence-corrected chi connectivity index (χ2v) is 6.94. The van der Waals surface area contributed by atoms with Gasteiger partial charge in [-0.15, -0.1) is 0 Å². The molecule has 7 nitrogen and oxygen atoms in total. The van der Waals surface area contributed by atoms with E-state index in [1.807, 2.05) is 47.9 Å². The summed E-state index contributed by atoms with van der Waals surface area (Å²) in [6.45, 7) is 1.88. The van der Waals surface area contributed by atoms with Crippen molar-refractivity contribution in [2.75, 3.05) is 13.7 Å². The SMILES string of the molecule is Cc1nc2cc(C(=O)OCC(=O)N(C)Cc3ccco3)ccc2n1-c1ccccc1. The van der Waals surface area contributed by atoms with E-state index < -0.39 is 5.97 Å². The van der Waals surface area contributed by atoms with Gasteiger partial charge in [-0.1, -0.05) is 18.2 Å². The molecule has 2 aromatic heterocycles. The average Bonchev–Trinajstić information content (AvgIpc) is 3.38. The number of esters is 1. The number of aromatic nitrogens is 2. The second-order valence-electron chi connectivity index (χ2n) is 6.94. The maximum absolute atomic E-state index is 12.4. The molecule has 2 heterocycles. The van der Waals surface area contributed by atoms with Gasteiger partial charge >= 0.3 is 5.97 Å². The van der Waals surface area contributed by atoms with Crippen LogP contribution in [-0.2, 0) is 16.1 Å². The molecule has 2 aromatic carbocycles.